The predicted octanol–water partition coefficient (Wildman–Crippen LogP) is 4.09. The van der Waals surface area contributed by atoms with Crippen molar-refractivity contribution in [2.45, 2.75) is 12.5 Å². The van der Waals surface area contributed by atoms with Gasteiger partial charge >= 0.3 is 0 Å². The van der Waals surface area contributed by atoms with Gasteiger partial charge in [0.05, 0.1) is 23.9 Å². The van der Waals surface area contributed by atoms with Crippen LogP contribution in [0.25, 0.3) is 0 Å². The second-order valence-corrected chi connectivity index (χ2v) is 6.40. The van der Waals surface area contributed by atoms with Gasteiger partial charge in [-0.15, -0.1) is 0 Å². The van der Waals surface area contributed by atoms with Crippen LogP contribution in [0.2, 0.25) is 0 Å². The van der Waals surface area contributed by atoms with Crippen molar-refractivity contribution in [3.8, 4) is 6.07 Å². The zero-order valence-corrected chi connectivity index (χ0v) is 14.6. The van der Waals surface area contributed by atoms with Crippen molar-refractivity contribution >= 4 is 11.6 Å². The lowest BCUT2D eigenvalue weighted by Gasteiger charge is -2.15. The molecule has 3 aromatic rings. The minimum atomic E-state index is -0.410. The van der Waals surface area contributed by atoms with Crippen LogP contribution in [0, 0.1) is 11.3 Å². The van der Waals surface area contributed by atoms with Crippen molar-refractivity contribution in [2.24, 2.45) is 5.10 Å². The highest BCUT2D eigenvalue weighted by Gasteiger charge is 2.37. The van der Waals surface area contributed by atoms with E-state index < -0.39 is 5.92 Å². The summed E-state index contributed by atoms with van der Waals surface area (Å²) < 4.78 is 0. The number of nitriles is 1. The molecule has 3 aromatic carbocycles. The monoisotopic (exact) mass is 351 g/mol. The fourth-order valence-electron chi connectivity index (χ4n) is 3.25. The molecular formula is C23H17N3O. The number of amides is 1. The fourth-order valence-corrected chi connectivity index (χ4v) is 3.25. The third-order valence-electron chi connectivity index (χ3n) is 4.62. The van der Waals surface area contributed by atoms with E-state index in [4.69, 9.17) is 5.26 Å². The third-order valence-corrected chi connectivity index (χ3v) is 4.62. The normalized spacial score (nSPS) is 16.1. The van der Waals surface area contributed by atoms with Gasteiger partial charge in [-0.1, -0.05) is 72.8 Å². The molecule has 0 saturated carbocycles. The SMILES string of the molecule is N#Cc1ccc(CN2N=C(c3ccccc3)C(c3ccccc3)C2=O)cc1. The molecule has 130 valence electrons. The van der Waals surface area contributed by atoms with E-state index in [0.717, 1.165) is 22.4 Å². The van der Waals surface area contributed by atoms with Crippen LogP contribution in [-0.2, 0) is 11.3 Å². The zero-order valence-electron chi connectivity index (χ0n) is 14.6. The Hall–Kier alpha value is -3.71. The van der Waals surface area contributed by atoms with Crippen LogP contribution in [0.15, 0.2) is 90.0 Å². The number of benzene rings is 3. The van der Waals surface area contributed by atoms with Gasteiger partial charge in [-0.05, 0) is 28.8 Å². The second kappa shape index (κ2) is 7.27. The zero-order chi connectivity index (χ0) is 18.6. The van der Waals surface area contributed by atoms with Gasteiger partial charge in [0.15, 0.2) is 0 Å². The molecule has 0 aliphatic carbocycles. The van der Waals surface area contributed by atoms with Gasteiger partial charge in [0.25, 0.3) is 5.91 Å². The topological polar surface area (TPSA) is 56.5 Å². The van der Waals surface area contributed by atoms with Gasteiger partial charge < -0.3 is 0 Å². The average molecular weight is 351 g/mol. The molecule has 0 bridgehead atoms. The summed E-state index contributed by atoms with van der Waals surface area (Å²) in [5.74, 6) is -0.448. The maximum absolute atomic E-state index is 13.2. The predicted molar refractivity (Wildman–Crippen MR) is 104 cm³/mol. The van der Waals surface area contributed by atoms with Crippen molar-refractivity contribution in [3.63, 3.8) is 0 Å². The van der Waals surface area contributed by atoms with E-state index in [-0.39, 0.29) is 5.91 Å². The Kier molecular flexibility index (Phi) is 4.51. The minimum Gasteiger partial charge on any atom is -0.272 e. The molecule has 1 aliphatic rings. The summed E-state index contributed by atoms with van der Waals surface area (Å²) in [4.78, 5) is 13.2. The highest BCUT2D eigenvalue weighted by atomic mass is 16.2. The molecule has 1 unspecified atom stereocenters. The fraction of sp³-hybridized carbons (Fsp3) is 0.0870. The Labute approximate surface area is 158 Å². The van der Waals surface area contributed by atoms with Crippen LogP contribution < -0.4 is 0 Å². The van der Waals surface area contributed by atoms with Gasteiger partial charge in [0.1, 0.15) is 5.92 Å². The van der Waals surface area contributed by atoms with Crippen LogP contribution in [-0.4, -0.2) is 16.6 Å². The first-order valence-corrected chi connectivity index (χ1v) is 8.75. The number of hydrogen-bond acceptors (Lipinski definition) is 3. The maximum Gasteiger partial charge on any atom is 0.256 e. The molecule has 0 saturated heterocycles. The number of carbonyl (C=O) groups excluding carboxylic acids is 1. The van der Waals surface area contributed by atoms with Crippen LogP contribution >= 0.6 is 0 Å². The average Bonchev–Trinajstić information content (AvgIpc) is 3.06. The number of hydrazone groups is 1. The first-order chi connectivity index (χ1) is 13.3. The number of rotatable bonds is 4. The summed E-state index contributed by atoms with van der Waals surface area (Å²) in [6.45, 7) is 0.379. The van der Waals surface area contributed by atoms with E-state index in [1.54, 1.807) is 12.1 Å². The van der Waals surface area contributed by atoms with Crippen molar-refractivity contribution in [2.75, 3.05) is 0 Å². The highest BCUT2D eigenvalue weighted by Crippen LogP contribution is 2.30. The smallest absolute Gasteiger partial charge is 0.256 e. The van der Waals surface area contributed by atoms with Crippen molar-refractivity contribution in [1.82, 2.24) is 5.01 Å². The summed E-state index contributed by atoms with van der Waals surface area (Å²) >= 11 is 0. The molecule has 4 nitrogen and oxygen atoms in total. The molecule has 1 atom stereocenters. The molecule has 0 radical (unpaired) electrons. The standard InChI is InChI=1S/C23H17N3O/c24-15-17-11-13-18(14-12-17)16-26-23(27)21(19-7-3-1-4-8-19)22(25-26)20-9-5-2-6-10-20/h1-14,21H,16H2. The number of nitrogens with zero attached hydrogens (tertiary/aromatic N) is 3. The van der Waals surface area contributed by atoms with Gasteiger partial charge in [0.2, 0.25) is 0 Å². The van der Waals surface area contributed by atoms with Crippen LogP contribution in [0.1, 0.15) is 28.2 Å². The van der Waals surface area contributed by atoms with Gasteiger partial charge in [-0.25, -0.2) is 5.01 Å². The summed E-state index contributed by atoms with van der Waals surface area (Å²) in [5.41, 5.74) is 4.18. The van der Waals surface area contributed by atoms with Crippen molar-refractivity contribution in [1.29, 1.82) is 5.26 Å². The van der Waals surface area contributed by atoms with Crippen LogP contribution in [0.3, 0.4) is 0 Å². The minimum absolute atomic E-state index is 0.0376. The largest absolute Gasteiger partial charge is 0.272 e. The van der Waals surface area contributed by atoms with Crippen LogP contribution in [0.5, 0.6) is 0 Å². The molecule has 0 spiro atoms. The Morgan fingerprint density at radius 2 is 1.52 bits per heavy atom. The van der Waals surface area contributed by atoms with Crippen LogP contribution in [0.4, 0.5) is 0 Å². The Morgan fingerprint density at radius 1 is 0.889 bits per heavy atom. The Bertz CT molecular complexity index is 1020. The molecular weight excluding hydrogens is 334 g/mol. The van der Waals surface area contributed by atoms with E-state index in [1.165, 1.54) is 5.01 Å². The number of carbonyl (C=O) groups is 1. The molecule has 0 fully saturated rings. The van der Waals surface area contributed by atoms with Gasteiger partial charge in [0, 0.05) is 0 Å². The van der Waals surface area contributed by atoms with E-state index >= 15 is 0 Å². The lowest BCUT2D eigenvalue weighted by Crippen LogP contribution is -2.26. The molecule has 1 amide bonds. The number of hydrogen-bond donors (Lipinski definition) is 0. The van der Waals surface area contributed by atoms with E-state index in [2.05, 4.69) is 11.2 Å². The molecule has 4 rings (SSSR count). The summed E-state index contributed by atoms with van der Waals surface area (Å²) in [7, 11) is 0. The van der Waals surface area contributed by atoms with Gasteiger partial charge in [-0.2, -0.15) is 10.4 Å². The molecule has 4 heteroatoms. The quantitative estimate of drug-likeness (QED) is 0.711. The maximum atomic E-state index is 13.2. The van der Waals surface area contributed by atoms with E-state index in [0.29, 0.717) is 12.1 Å². The van der Waals surface area contributed by atoms with Crippen molar-refractivity contribution < 1.29 is 4.79 Å². The third kappa shape index (κ3) is 3.36. The Morgan fingerprint density at radius 3 is 2.15 bits per heavy atom. The first-order valence-electron chi connectivity index (χ1n) is 8.75. The molecule has 0 aromatic heterocycles. The lowest BCUT2D eigenvalue weighted by atomic mass is 9.90. The molecule has 1 aliphatic heterocycles. The molecule has 27 heavy (non-hydrogen) atoms. The second-order valence-electron chi connectivity index (χ2n) is 6.40. The molecule has 1 heterocycles. The van der Waals surface area contributed by atoms with E-state index in [1.807, 2.05) is 72.8 Å². The first kappa shape index (κ1) is 16.7. The summed E-state index contributed by atoms with van der Waals surface area (Å²) in [6, 6.07) is 28.9. The molecule has 0 N–H and O–H groups in total. The highest BCUT2D eigenvalue weighted by molar-refractivity contribution is 6.20. The lowest BCUT2D eigenvalue weighted by molar-refractivity contribution is -0.130. The Balaban J connectivity index is 1.69. The van der Waals surface area contributed by atoms with Gasteiger partial charge in [-0.3, -0.25) is 4.79 Å². The van der Waals surface area contributed by atoms with E-state index in [9.17, 15) is 4.79 Å². The summed E-state index contributed by atoms with van der Waals surface area (Å²) in [6.07, 6.45) is 0. The van der Waals surface area contributed by atoms with Crippen molar-refractivity contribution in [3.05, 3.63) is 107 Å². The summed E-state index contributed by atoms with van der Waals surface area (Å²) in [5, 5.41) is 15.1.